The van der Waals surface area contributed by atoms with Crippen LogP contribution in [0.15, 0.2) is 12.2 Å². The number of nitrogens with one attached hydrogen (secondary N) is 1. The molecule has 6 nitrogen and oxygen atoms in total. The molecule has 0 fully saturated rings. The number of rotatable bonds is 10. The summed E-state index contributed by atoms with van der Waals surface area (Å²) in [5.74, 6) is -1.39. The van der Waals surface area contributed by atoms with Crippen LogP contribution >= 0.6 is 0 Å². The van der Waals surface area contributed by atoms with Gasteiger partial charge in [0, 0.05) is 25.0 Å². The van der Waals surface area contributed by atoms with Gasteiger partial charge in [-0.1, -0.05) is 6.58 Å². The fourth-order valence-corrected chi connectivity index (χ4v) is 1.24. The van der Waals surface area contributed by atoms with Gasteiger partial charge in [-0.3, -0.25) is 9.59 Å². The second kappa shape index (κ2) is 10.1. The quantitative estimate of drug-likeness (QED) is 0.354. The summed E-state index contributed by atoms with van der Waals surface area (Å²) in [5, 5.41) is 11.1. The molecule has 0 aromatic rings. The van der Waals surface area contributed by atoms with Crippen molar-refractivity contribution in [3.63, 3.8) is 0 Å². The molecule has 0 aliphatic rings. The van der Waals surface area contributed by atoms with Crippen LogP contribution in [-0.4, -0.2) is 36.1 Å². The average molecular weight is 271 g/mol. The van der Waals surface area contributed by atoms with Gasteiger partial charge in [-0.25, -0.2) is 4.79 Å². The van der Waals surface area contributed by atoms with E-state index in [-0.39, 0.29) is 18.9 Å². The Morgan fingerprint density at radius 3 is 2.37 bits per heavy atom. The van der Waals surface area contributed by atoms with Crippen LogP contribution in [0.25, 0.3) is 0 Å². The molecule has 0 radical (unpaired) electrons. The van der Waals surface area contributed by atoms with Gasteiger partial charge in [0.05, 0.1) is 6.61 Å². The van der Waals surface area contributed by atoms with Crippen molar-refractivity contribution in [3.05, 3.63) is 12.2 Å². The fraction of sp³-hybridized carbons (Fsp3) is 0.615. The molecular weight excluding hydrogens is 250 g/mol. The van der Waals surface area contributed by atoms with E-state index in [2.05, 4.69) is 11.9 Å². The van der Waals surface area contributed by atoms with Crippen LogP contribution in [0.5, 0.6) is 0 Å². The molecule has 0 aliphatic heterocycles. The number of carbonyl (C=O) groups excluding carboxylic acids is 2. The zero-order valence-corrected chi connectivity index (χ0v) is 11.2. The van der Waals surface area contributed by atoms with E-state index < -0.39 is 11.9 Å². The Labute approximate surface area is 112 Å². The van der Waals surface area contributed by atoms with Crippen molar-refractivity contribution >= 4 is 17.8 Å². The van der Waals surface area contributed by atoms with Gasteiger partial charge in [0.25, 0.3) is 0 Å². The molecule has 6 heteroatoms. The van der Waals surface area contributed by atoms with E-state index >= 15 is 0 Å². The largest absolute Gasteiger partial charge is 0.481 e. The van der Waals surface area contributed by atoms with Crippen molar-refractivity contribution in [1.82, 2.24) is 5.32 Å². The third-order valence-corrected chi connectivity index (χ3v) is 2.27. The van der Waals surface area contributed by atoms with Gasteiger partial charge in [-0.05, 0) is 26.2 Å². The Bertz CT molecular complexity index is 338. The molecule has 0 unspecified atom stereocenters. The molecule has 0 spiro atoms. The van der Waals surface area contributed by atoms with Crippen LogP contribution in [0.4, 0.5) is 0 Å². The number of carboxylic acids is 1. The molecule has 2 N–H and O–H groups in total. The maximum Gasteiger partial charge on any atom is 0.333 e. The zero-order valence-electron chi connectivity index (χ0n) is 11.2. The number of hydrogen-bond acceptors (Lipinski definition) is 4. The SMILES string of the molecule is C=C(C)C(=O)OCCCNC(=O)CCCCC(=O)O. The molecule has 0 aliphatic carbocycles. The summed E-state index contributed by atoms with van der Waals surface area (Å²) in [6, 6.07) is 0. The van der Waals surface area contributed by atoms with Crippen LogP contribution in [0.3, 0.4) is 0 Å². The maximum absolute atomic E-state index is 11.3. The number of hydrogen-bond donors (Lipinski definition) is 2. The highest BCUT2D eigenvalue weighted by Crippen LogP contribution is 1.99. The minimum Gasteiger partial charge on any atom is -0.481 e. The summed E-state index contributed by atoms with van der Waals surface area (Å²) in [5.41, 5.74) is 0.350. The number of carboxylic acid groups (broad SMARTS) is 1. The maximum atomic E-state index is 11.3. The number of ether oxygens (including phenoxy) is 1. The number of amides is 1. The van der Waals surface area contributed by atoms with E-state index in [0.29, 0.717) is 37.8 Å². The molecular formula is C13H21NO5. The van der Waals surface area contributed by atoms with Gasteiger partial charge in [0.1, 0.15) is 0 Å². The Morgan fingerprint density at radius 1 is 1.16 bits per heavy atom. The first kappa shape index (κ1) is 17.2. The van der Waals surface area contributed by atoms with Gasteiger partial charge in [-0.15, -0.1) is 0 Å². The van der Waals surface area contributed by atoms with Crippen molar-refractivity contribution in [1.29, 1.82) is 0 Å². The van der Waals surface area contributed by atoms with Gasteiger partial charge in [0.2, 0.25) is 5.91 Å². The van der Waals surface area contributed by atoms with Gasteiger partial charge < -0.3 is 15.2 Å². The minimum atomic E-state index is -0.847. The minimum absolute atomic E-state index is 0.0874. The van der Waals surface area contributed by atoms with Crippen molar-refractivity contribution in [2.45, 2.75) is 39.0 Å². The Morgan fingerprint density at radius 2 is 1.79 bits per heavy atom. The molecule has 108 valence electrons. The molecule has 0 aromatic heterocycles. The monoisotopic (exact) mass is 271 g/mol. The van der Waals surface area contributed by atoms with Gasteiger partial charge >= 0.3 is 11.9 Å². The zero-order chi connectivity index (χ0) is 14.7. The summed E-state index contributed by atoms with van der Waals surface area (Å²) in [6.45, 7) is 5.69. The normalized spacial score (nSPS) is 9.74. The van der Waals surface area contributed by atoms with Crippen LogP contribution in [0.2, 0.25) is 0 Å². The Hall–Kier alpha value is -1.85. The molecule has 0 bridgehead atoms. The van der Waals surface area contributed by atoms with E-state index in [9.17, 15) is 14.4 Å². The highest BCUT2D eigenvalue weighted by atomic mass is 16.5. The number of aliphatic carboxylic acids is 1. The van der Waals surface area contributed by atoms with E-state index in [1.807, 2.05) is 0 Å². The molecule has 0 saturated carbocycles. The lowest BCUT2D eigenvalue weighted by atomic mass is 10.2. The van der Waals surface area contributed by atoms with Crippen molar-refractivity contribution < 1.29 is 24.2 Å². The third-order valence-electron chi connectivity index (χ3n) is 2.27. The van der Waals surface area contributed by atoms with Crippen molar-refractivity contribution in [2.75, 3.05) is 13.2 Å². The first-order chi connectivity index (χ1) is 8.93. The lowest BCUT2D eigenvalue weighted by molar-refractivity contribution is -0.139. The topological polar surface area (TPSA) is 92.7 Å². The smallest absolute Gasteiger partial charge is 0.333 e. The van der Waals surface area contributed by atoms with Crippen LogP contribution in [-0.2, 0) is 19.1 Å². The Kier molecular flexibility index (Phi) is 9.12. The summed E-state index contributed by atoms with van der Waals surface area (Å²) in [4.78, 5) is 32.6. The third kappa shape index (κ3) is 11.0. The second-order valence-corrected chi connectivity index (χ2v) is 4.22. The first-order valence-electron chi connectivity index (χ1n) is 6.24. The predicted octanol–water partition coefficient (Wildman–Crippen LogP) is 1.26. The van der Waals surface area contributed by atoms with Gasteiger partial charge in [-0.2, -0.15) is 0 Å². The lowest BCUT2D eigenvalue weighted by Crippen LogP contribution is -2.25. The molecule has 1 amide bonds. The summed E-state index contributed by atoms with van der Waals surface area (Å²) in [7, 11) is 0. The van der Waals surface area contributed by atoms with Gasteiger partial charge in [0.15, 0.2) is 0 Å². The molecule has 0 saturated heterocycles. The first-order valence-corrected chi connectivity index (χ1v) is 6.24. The summed E-state index contributed by atoms with van der Waals surface area (Å²) in [6.07, 6.45) is 2.00. The van der Waals surface area contributed by atoms with Crippen LogP contribution < -0.4 is 5.32 Å². The van der Waals surface area contributed by atoms with Crippen molar-refractivity contribution in [3.8, 4) is 0 Å². The summed E-state index contributed by atoms with van der Waals surface area (Å²) >= 11 is 0. The average Bonchev–Trinajstić information content (AvgIpc) is 2.33. The summed E-state index contributed by atoms with van der Waals surface area (Å²) < 4.78 is 4.86. The molecule has 0 aromatic carbocycles. The Balaban J connectivity index is 3.41. The molecule has 0 atom stereocenters. The van der Waals surface area contributed by atoms with E-state index in [1.165, 1.54) is 0 Å². The highest BCUT2D eigenvalue weighted by Gasteiger charge is 2.04. The standard InChI is InChI=1S/C13H21NO5/c1-10(2)13(18)19-9-5-8-14-11(15)6-3-4-7-12(16)17/h1,3-9H2,2H3,(H,14,15)(H,16,17). The number of unbranched alkanes of at least 4 members (excludes halogenated alkanes) is 1. The number of esters is 1. The molecule has 0 heterocycles. The van der Waals surface area contributed by atoms with E-state index in [0.717, 1.165) is 0 Å². The molecule has 19 heavy (non-hydrogen) atoms. The highest BCUT2D eigenvalue weighted by molar-refractivity contribution is 5.86. The van der Waals surface area contributed by atoms with E-state index in [1.54, 1.807) is 6.92 Å². The lowest BCUT2D eigenvalue weighted by Gasteiger charge is -2.06. The second-order valence-electron chi connectivity index (χ2n) is 4.22. The predicted molar refractivity (Wildman–Crippen MR) is 69.5 cm³/mol. The number of carbonyl (C=O) groups is 3. The van der Waals surface area contributed by atoms with Crippen molar-refractivity contribution in [2.24, 2.45) is 0 Å². The molecule has 0 rings (SSSR count). The van der Waals surface area contributed by atoms with E-state index in [4.69, 9.17) is 9.84 Å². The van der Waals surface area contributed by atoms with Crippen LogP contribution in [0.1, 0.15) is 39.0 Å². The fourth-order valence-electron chi connectivity index (χ4n) is 1.24. The van der Waals surface area contributed by atoms with Crippen LogP contribution in [0, 0.1) is 0 Å².